The van der Waals surface area contributed by atoms with Gasteiger partial charge in [-0.1, -0.05) is 53.9 Å². The van der Waals surface area contributed by atoms with Crippen LogP contribution in [0.1, 0.15) is 60.3 Å². The van der Waals surface area contributed by atoms with Gasteiger partial charge in [-0.2, -0.15) is 11.8 Å². The van der Waals surface area contributed by atoms with E-state index in [1.165, 1.54) is 25.7 Å². The summed E-state index contributed by atoms with van der Waals surface area (Å²) in [6.45, 7) is 11.7. The summed E-state index contributed by atoms with van der Waals surface area (Å²) in [5.41, 5.74) is 0. The Morgan fingerprint density at radius 2 is 1.64 bits per heavy atom. The fourth-order valence-electron chi connectivity index (χ4n) is 1.90. The van der Waals surface area contributed by atoms with E-state index < -0.39 is 0 Å². The zero-order valence-corrected chi connectivity index (χ0v) is 11.7. The molecule has 0 aliphatic rings. The zero-order valence-electron chi connectivity index (χ0n) is 10.9. The molecule has 0 N–H and O–H groups in total. The SMILES string of the molecule is CSC(C)(C)CC(C)CCCC(C)C. The van der Waals surface area contributed by atoms with Crippen molar-refractivity contribution >= 4 is 11.8 Å². The molecule has 0 fully saturated rings. The molecular formula is C13H28S. The van der Waals surface area contributed by atoms with Gasteiger partial charge >= 0.3 is 0 Å². The van der Waals surface area contributed by atoms with Crippen molar-refractivity contribution in [3.8, 4) is 0 Å². The van der Waals surface area contributed by atoms with E-state index in [2.05, 4.69) is 40.9 Å². The van der Waals surface area contributed by atoms with Crippen LogP contribution in [0.3, 0.4) is 0 Å². The van der Waals surface area contributed by atoms with Gasteiger partial charge in [-0.05, 0) is 24.5 Å². The zero-order chi connectivity index (χ0) is 11.2. The van der Waals surface area contributed by atoms with Gasteiger partial charge in [-0.15, -0.1) is 0 Å². The van der Waals surface area contributed by atoms with Crippen molar-refractivity contribution in [1.29, 1.82) is 0 Å². The predicted molar refractivity (Wildman–Crippen MR) is 70.1 cm³/mol. The number of hydrogen-bond donors (Lipinski definition) is 0. The van der Waals surface area contributed by atoms with E-state index in [1.54, 1.807) is 0 Å². The van der Waals surface area contributed by atoms with Gasteiger partial charge < -0.3 is 0 Å². The molecule has 0 aromatic carbocycles. The first kappa shape index (κ1) is 14.3. The Kier molecular flexibility index (Phi) is 6.93. The molecule has 86 valence electrons. The first-order chi connectivity index (χ1) is 6.37. The Hall–Kier alpha value is 0.350. The first-order valence-electron chi connectivity index (χ1n) is 5.92. The van der Waals surface area contributed by atoms with E-state index in [9.17, 15) is 0 Å². The minimum atomic E-state index is 0.469. The number of hydrogen-bond acceptors (Lipinski definition) is 1. The van der Waals surface area contributed by atoms with Crippen LogP contribution in [0.4, 0.5) is 0 Å². The van der Waals surface area contributed by atoms with Crippen LogP contribution in [0, 0.1) is 11.8 Å². The van der Waals surface area contributed by atoms with Gasteiger partial charge in [0.2, 0.25) is 0 Å². The summed E-state index contributed by atoms with van der Waals surface area (Å²) in [6, 6.07) is 0. The van der Waals surface area contributed by atoms with E-state index in [0.717, 1.165) is 11.8 Å². The number of thioether (sulfide) groups is 1. The van der Waals surface area contributed by atoms with Crippen LogP contribution in [0.25, 0.3) is 0 Å². The molecule has 0 aromatic rings. The van der Waals surface area contributed by atoms with Crippen LogP contribution in [0.2, 0.25) is 0 Å². The Morgan fingerprint density at radius 3 is 2.07 bits per heavy atom. The molecule has 0 amide bonds. The topological polar surface area (TPSA) is 0 Å². The van der Waals surface area contributed by atoms with Crippen molar-refractivity contribution in [2.75, 3.05) is 6.26 Å². The van der Waals surface area contributed by atoms with Crippen molar-refractivity contribution < 1.29 is 0 Å². The summed E-state index contributed by atoms with van der Waals surface area (Å²) >= 11 is 2.00. The monoisotopic (exact) mass is 216 g/mol. The van der Waals surface area contributed by atoms with Gasteiger partial charge in [0.1, 0.15) is 0 Å². The van der Waals surface area contributed by atoms with Crippen molar-refractivity contribution in [3.63, 3.8) is 0 Å². The molecule has 0 spiro atoms. The van der Waals surface area contributed by atoms with E-state index in [-0.39, 0.29) is 0 Å². The van der Waals surface area contributed by atoms with Gasteiger partial charge in [0.15, 0.2) is 0 Å². The largest absolute Gasteiger partial charge is 0.159 e. The molecule has 14 heavy (non-hydrogen) atoms. The number of rotatable bonds is 7. The fourth-order valence-corrected chi connectivity index (χ4v) is 2.35. The van der Waals surface area contributed by atoms with Crippen LogP contribution >= 0.6 is 11.8 Å². The summed E-state index contributed by atoms with van der Waals surface area (Å²) in [4.78, 5) is 0. The second-order valence-corrected chi connectivity index (χ2v) is 7.11. The smallest absolute Gasteiger partial charge is 0.0103 e. The predicted octanol–water partition coefficient (Wildman–Crippen LogP) is 4.98. The first-order valence-corrected chi connectivity index (χ1v) is 7.15. The molecule has 0 aliphatic heterocycles. The molecular weight excluding hydrogens is 188 g/mol. The van der Waals surface area contributed by atoms with Gasteiger partial charge in [0, 0.05) is 4.75 Å². The lowest BCUT2D eigenvalue weighted by Gasteiger charge is -2.26. The lowest BCUT2D eigenvalue weighted by Crippen LogP contribution is -2.18. The Balaban J connectivity index is 3.60. The third kappa shape index (κ3) is 7.73. The molecule has 0 rings (SSSR count). The molecule has 0 saturated heterocycles. The minimum Gasteiger partial charge on any atom is -0.159 e. The lowest BCUT2D eigenvalue weighted by atomic mass is 9.92. The summed E-state index contributed by atoms with van der Waals surface area (Å²) in [6.07, 6.45) is 7.78. The molecule has 1 heteroatoms. The summed E-state index contributed by atoms with van der Waals surface area (Å²) in [5.74, 6) is 1.76. The third-order valence-electron chi connectivity index (χ3n) is 2.87. The quantitative estimate of drug-likeness (QED) is 0.578. The Morgan fingerprint density at radius 1 is 1.07 bits per heavy atom. The fraction of sp³-hybridized carbons (Fsp3) is 1.00. The van der Waals surface area contributed by atoms with Gasteiger partial charge in [0.25, 0.3) is 0 Å². The second kappa shape index (κ2) is 6.76. The van der Waals surface area contributed by atoms with Crippen molar-refractivity contribution in [2.45, 2.75) is 65.0 Å². The maximum Gasteiger partial charge on any atom is 0.0103 e. The van der Waals surface area contributed by atoms with Crippen LogP contribution in [0.5, 0.6) is 0 Å². The highest BCUT2D eigenvalue weighted by molar-refractivity contribution is 7.99. The Bertz CT molecular complexity index is 138. The molecule has 0 aliphatic carbocycles. The highest BCUT2D eigenvalue weighted by Crippen LogP contribution is 2.31. The van der Waals surface area contributed by atoms with Gasteiger partial charge in [-0.25, -0.2) is 0 Å². The maximum absolute atomic E-state index is 2.40. The van der Waals surface area contributed by atoms with Crippen LogP contribution in [-0.4, -0.2) is 11.0 Å². The molecule has 1 unspecified atom stereocenters. The van der Waals surface area contributed by atoms with Gasteiger partial charge in [0.05, 0.1) is 0 Å². The van der Waals surface area contributed by atoms with Crippen LogP contribution < -0.4 is 0 Å². The average Bonchev–Trinajstić information content (AvgIpc) is 2.02. The normalized spacial score (nSPS) is 14.8. The summed E-state index contributed by atoms with van der Waals surface area (Å²) in [5, 5.41) is 0. The third-order valence-corrected chi connectivity index (χ3v) is 4.14. The molecule has 0 nitrogen and oxygen atoms in total. The molecule has 0 bridgehead atoms. The standard InChI is InChI=1S/C13H28S/c1-11(2)8-7-9-12(3)10-13(4,5)14-6/h11-12H,7-10H2,1-6H3. The van der Waals surface area contributed by atoms with Crippen molar-refractivity contribution in [3.05, 3.63) is 0 Å². The molecule has 0 heterocycles. The van der Waals surface area contributed by atoms with Gasteiger partial charge in [-0.3, -0.25) is 0 Å². The van der Waals surface area contributed by atoms with E-state index >= 15 is 0 Å². The molecule has 1 atom stereocenters. The highest BCUT2D eigenvalue weighted by atomic mass is 32.2. The highest BCUT2D eigenvalue weighted by Gasteiger charge is 2.19. The van der Waals surface area contributed by atoms with Crippen molar-refractivity contribution in [2.24, 2.45) is 11.8 Å². The molecule has 0 radical (unpaired) electrons. The van der Waals surface area contributed by atoms with Crippen molar-refractivity contribution in [1.82, 2.24) is 0 Å². The summed E-state index contributed by atoms with van der Waals surface area (Å²) < 4.78 is 0.469. The van der Waals surface area contributed by atoms with E-state index in [4.69, 9.17) is 0 Å². The van der Waals surface area contributed by atoms with Crippen LogP contribution in [-0.2, 0) is 0 Å². The maximum atomic E-state index is 2.40. The van der Waals surface area contributed by atoms with Crippen LogP contribution in [0.15, 0.2) is 0 Å². The minimum absolute atomic E-state index is 0.469. The molecule has 0 aromatic heterocycles. The summed E-state index contributed by atoms with van der Waals surface area (Å²) in [7, 11) is 0. The second-order valence-electron chi connectivity index (χ2n) is 5.60. The van der Waals surface area contributed by atoms with E-state index in [1.807, 2.05) is 11.8 Å². The van der Waals surface area contributed by atoms with E-state index in [0.29, 0.717) is 4.75 Å². The Labute approximate surface area is 95.2 Å². The lowest BCUT2D eigenvalue weighted by molar-refractivity contribution is 0.406. The molecule has 0 saturated carbocycles. The average molecular weight is 216 g/mol.